The summed E-state index contributed by atoms with van der Waals surface area (Å²) in [4.78, 5) is 29.7. The predicted molar refractivity (Wildman–Crippen MR) is 116 cm³/mol. The van der Waals surface area contributed by atoms with Crippen LogP contribution in [0.1, 0.15) is 21.5 Å². The molecule has 4 rings (SSSR count). The van der Waals surface area contributed by atoms with Crippen molar-refractivity contribution >= 4 is 50.8 Å². The van der Waals surface area contributed by atoms with Gasteiger partial charge in [-0.1, -0.05) is 63.9 Å². The van der Waals surface area contributed by atoms with Crippen LogP contribution in [-0.4, -0.2) is 23.8 Å². The van der Waals surface area contributed by atoms with Crippen LogP contribution < -0.4 is 5.32 Å². The second kappa shape index (κ2) is 8.19. The molecule has 29 heavy (non-hydrogen) atoms. The Hall–Kier alpha value is -2.96. The van der Waals surface area contributed by atoms with Crippen LogP contribution in [0, 0.1) is 0 Å². The van der Waals surface area contributed by atoms with E-state index in [0.29, 0.717) is 33.1 Å². The van der Waals surface area contributed by atoms with Crippen LogP contribution in [0.4, 0.5) is 5.69 Å². The number of amides is 1. The quantitative estimate of drug-likeness (QED) is 0.544. The van der Waals surface area contributed by atoms with Crippen LogP contribution in [0.15, 0.2) is 82.3 Å². The molecule has 3 aromatic carbocycles. The Kier molecular flexibility index (Phi) is 5.47. The molecule has 1 atom stereocenters. The van der Waals surface area contributed by atoms with Crippen molar-refractivity contribution in [2.45, 2.75) is 6.23 Å². The fourth-order valence-electron chi connectivity index (χ4n) is 2.95. The lowest BCUT2D eigenvalue weighted by Gasteiger charge is -2.13. The van der Waals surface area contributed by atoms with Gasteiger partial charge >= 0.3 is 5.97 Å². The summed E-state index contributed by atoms with van der Waals surface area (Å²) in [6, 6.07) is 21.0. The van der Waals surface area contributed by atoms with E-state index >= 15 is 0 Å². The van der Waals surface area contributed by atoms with Crippen molar-refractivity contribution in [3.63, 3.8) is 0 Å². The maximum atomic E-state index is 12.8. The van der Waals surface area contributed by atoms with Gasteiger partial charge in [-0.15, -0.1) is 0 Å². The number of hydrogen-bond donors (Lipinski definition) is 1. The predicted octanol–water partition coefficient (Wildman–Crippen LogP) is 5.08. The Morgan fingerprint density at radius 2 is 1.72 bits per heavy atom. The van der Waals surface area contributed by atoms with E-state index in [1.807, 2.05) is 12.1 Å². The van der Waals surface area contributed by atoms with Crippen molar-refractivity contribution in [3.05, 3.63) is 99.0 Å². The van der Waals surface area contributed by atoms with Gasteiger partial charge in [-0.3, -0.25) is 4.79 Å². The maximum Gasteiger partial charge on any atom is 0.340 e. The van der Waals surface area contributed by atoms with Gasteiger partial charge < -0.3 is 10.1 Å². The van der Waals surface area contributed by atoms with Crippen LogP contribution in [0.3, 0.4) is 0 Å². The molecule has 1 N–H and O–H groups in total. The topological polar surface area (TPSA) is 67.8 Å². The number of benzodiazepines with no additional fused rings is 1. The number of carbonyl (C=O) groups excluding carboxylic acids is 2. The molecule has 1 aliphatic rings. The van der Waals surface area contributed by atoms with Crippen molar-refractivity contribution < 1.29 is 14.3 Å². The number of hydrogen-bond acceptors (Lipinski definition) is 4. The molecule has 0 fully saturated rings. The summed E-state index contributed by atoms with van der Waals surface area (Å²) in [6.07, 6.45) is -1.36. The smallest absolute Gasteiger partial charge is 0.340 e. The van der Waals surface area contributed by atoms with Crippen LogP contribution in [0.25, 0.3) is 0 Å². The summed E-state index contributed by atoms with van der Waals surface area (Å²) >= 11 is 9.85. The zero-order valence-electron chi connectivity index (χ0n) is 14.9. The highest BCUT2D eigenvalue weighted by Crippen LogP contribution is 2.30. The molecule has 7 heteroatoms. The highest BCUT2D eigenvalue weighted by Gasteiger charge is 2.29. The second-order valence-corrected chi connectivity index (χ2v) is 7.58. The Balaban J connectivity index is 1.80. The summed E-state index contributed by atoms with van der Waals surface area (Å²) in [6.45, 7) is 0. The van der Waals surface area contributed by atoms with Gasteiger partial charge in [0.15, 0.2) is 0 Å². The standard InChI is InChI=1S/C22H14BrClN2O3/c23-14-10-11-18-16(12-14)19(15-8-4-5-9-17(15)24)26-21(20(27)25-18)29-22(28)13-6-2-1-3-7-13/h1-12,21H,(H,25,27)/t21-/m0/s1. The molecule has 0 saturated carbocycles. The monoisotopic (exact) mass is 468 g/mol. The van der Waals surface area contributed by atoms with E-state index in [2.05, 4.69) is 26.2 Å². The Morgan fingerprint density at radius 3 is 2.48 bits per heavy atom. The van der Waals surface area contributed by atoms with Gasteiger partial charge in [0.25, 0.3) is 12.1 Å². The van der Waals surface area contributed by atoms with E-state index in [-0.39, 0.29) is 0 Å². The van der Waals surface area contributed by atoms with Gasteiger partial charge in [-0.05, 0) is 36.4 Å². The SMILES string of the molecule is O=C(O[C@@H]1N=C(c2ccccc2Cl)c2cc(Br)ccc2NC1=O)c1ccccc1. The lowest BCUT2D eigenvalue weighted by atomic mass is 10.0. The molecule has 144 valence electrons. The minimum absolute atomic E-state index is 0.333. The second-order valence-electron chi connectivity index (χ2n) is 6.26. The summed E-state index contributed by atoms with van der Waals surface area (Å²) in [7, 11) is 0. The highest BCUT2D eigenvalue weighted by atomic mass is 79.9. The first kappa shape index (κ1) is 19.4. The summed E-state index contributed by atoms with van der Waals surface area (Å²) in [5, 5.41) is 3.25. The Labute approximate surface area is 180 Å². The molecule has 1 amide bonds. The summed E-state index contributed by atoms with van der Waals surface area (Å²) < 4.78 is 6.24. The number of benzene rings is 3. The van der Waals surface area contributed by atoms with Gasteiger partial charge in [0.1, 0.15) is 0 Å². The van der Waals surface area contributed by atoms with Crippen molar-refractivity contribution in [2.75, 3.05) is 5.32 Å². The minimum Gasteiger partial charge on any atom is -0.426 e. The Morgan fingerprint density at radius 1 is 1.00 bits per heavy atom. The van der Waals surface area contributed by atoms with Gasteiger partial charge in [0.05, 0.1) is 17.0 Å². The third-order valence-corrected chi connectivity index (χ3v) is 5.15. The third kappa shape index (κ3) is 4.09. The first-order valence-corrected chi connectivity index (χ1v) is 9.89. The fraction of sp³-hybridized carbons (Fsp3) is 0.0455. The van der Waals surface area contributed by atoms with E-state index in [9.17, 15) is 9.59 Å². The number of fused-ring (bicyclic) bond motifs is 1. The number of esters is 1. The zero-order valence-corrected chi connectivity index (χ0v) is 17.3. The van der Waals surface area contributed by atoms with Gasteiger partial charge in [-0.25, -0.2) is 9.79 Å². The van der Waals surface area contributed by atoms with Crippen molar-refractivity contribution in [3.8, 4) is 0 Å². The largest absolute Gasteiger partial charge is 0.426 e. The first-order chi connectivity index (χ1) is 14.0. The Bertz CT molecular complexity index is 1130. The molecule has 0 saturated heterocycles. The van der Waals surface area contributed by atoms with Gasteiger partial charge in [0, 0.05) is 20.6 Å². The molecule has 0 spiro atoms. The first-order valence-electron chi connectivity index (χ1n) is 8.72. The highest BCUT2D eigenvalue weighted by molar-refractivity contribution is 9.10. The number of rotatable bonds is 3. The molecule has 0 aliphatic carbocycles. The van der Waals surface area contributed by atoms with E-state index in [1.165, 1.54) is 0 Å². The van der Waals surface area contributed by atoms with E-state index in [1.54, 1.807) is 60.7 Å². The minimum atomic E-state index is -1.36. The number of anilines is 1. The number of aliphatic imine (C=N–C) groups is 1. The fourth-order valence-corrected chi connectivity index (χ4v) is 3.54. The molecular formula is C22H14BrClN2O3. The summed E-state index contributed by atoms with van der Waals surface area (Å²) in [5.41, 5.74) is 2.63. The zero-order chi connectivity index (χ0) is 20.4. The third-order valence-electron chi connectivity index (χ3n) is 4.32. The number of halogens is 2. The average molecular weight is 470 g/mol. The molecule has 1 heterocycles. The van der Waals surface area contributed by atoms with Crippen LogP contribution in [0.2, 0.25) is 5.02 Å². The van der Waals surface area contributed by atoms with Crippen molar-refractivity contribution in [2.24, 2.45) is 4.99 Å². The van der Waals surface area contributed by atoms with Crippen LogP contribution >= 0.6 is 27.5 Å². The molecule has 3 aromatic rings. The molecular weight excluding hydrogens is 456 g/mol. The van der Waals surface area contributed by atoms with Crippen LogP contribution in [0.5, 0.6) is 0 Å². The lowest BCUT2D eigenvalue weighted by molar-refractivity contribution is -0.124. The molecule has 0 unspecified atom stereocenters. The maximum absolute atomic E-state index is 12.8. The van der Waals surface area contributed by atoms with E-state index in [0.717, 1.165) is 4.47 Å². The van der Waals surface area contributed by atoms with Gasteiger partial charge in [-0.2, -0.15) is 0 Å². The number of carbonyl (C=O) groups is 2. The molecule has 0 aromatic heterocycles. The van der Waals surface area contributed by atoms with Crippen LogP contribution in [-0.2, 0) is 9.53 Å². The van der Waals surface area contributed by atoms with Crippen molar-refractivity contribution in [1.82, 2.24) is 0 Å². The number of nitrogens with one attached hydrogen (secondary N) is 1. The molecule has 1 aliphatic heterocycles. The average Bonchev–Trinajstić information content (AvgIpc) is 2.86. The van der Waals surface area contributed by atoms with Gasteiger partial charge in [0.2, 0.25) is 0 Å². The van der Waals surface area contributed by atoms with E-state index < -0.39 is 18.1 Å². The normalized spacial score (nSPS) is 15.6. The lowest BCUT2D eigenvalue weighted by Crippen LogP contribution is -2.30. The number of nitrogens with zero attached hydrogens (tertiary/aromatic N) is 1. The van der Waals surface area contributed by atoms with E-state index in [4.69, 9.17) is 16.3 Å². The molecule has 5 nitrogen and oxygen atoms in total. The molecule has 0 bridgehead atoms. The molecule has 0 radical (unpaired) electrons. The van der Waals surface area contributed by atoms with Crippen molar-refractivity contribution in [1.29, 1.82) is 0 Å². The number of ether oxygens (including phenoxy) is 1. The summed E-state index contributed by atoms with van der Waals surface area (Å²) in [5.74, 6) is -1.18.